The number of terminal acetylenes is 1. The van der Waals surface area contributed by atoms with Crippen LogP contribution >= 0.6 is 0 Å². The standard InChI is InChI=1S/C12H19NO2/c1-6-12(5)7-8-13(9-12)10(14)15-11(2,3)4/h1H,7-9H2,2-5H3/i5D3. The fourth-order valence-electron chi connectivity index (χ4n) is 1.41. The summed E-state index contributed by atoms with van der Waals surface area (Å²) in [5, 5.41) is 0. The van der Waals surface area contributed by atoms with Crippen LogP contribution in [-0.4, -0.2) is 29.7 Å². The van der Waals surface area contributed by atoms with Crippen LogP contribution in [0.25, 0.3) is 0 Å². The van der Waals surface area contributed by atoms with Crippen molar-refractivity contribution in [3.05, 3.63) is 0 Å². The summed E-state index contributed by atoms with van der Waals surface area (Å²) in [6, 6.07) is 0. The molecule has 0 saturated carbocycles. The molecule has 0 radical (unpaired) electrons. The summed E-state index contributed by atoms with van der Waals surface area (Å²) in [6.45, 7) is 3.36. The average Bonchev–Trinajstić information content (AvgIpc) is 2.59. The zero-order valence-electron chi connectivity index (χ0n) is 12.5. The Morgan fingerprint density at radius 2 is 2.33 bits per heavy atom. The van der Waals surface area contributed by atoms with Gasteiger partial charge in [0, 0.05) is 22.6 Å². The third kappa shape index (κ3) is 3.16. The molecule has 1 aliphatic rings. The third-order valence-electron chi connectivity index (χ3n) is 2.20. The molecule has 0 spiro atoms. The molecule has 1 fully saturated rings. The molecule has 1 amide bonds. The molecule has 1 saturated heterocycles. The van der Waals surface area contributed by atoms with Gasteiger partial charge < -0.3 is 9.64 Å². The average molecular weight is 212 g/mol. The van der Waals surface area contributed by atoms with Crippen LogP contribution < -0.4 is 0 Å². The maximum atomic E-state index is 11.8. The van der Waals surface area contributed by atoms with E-state index in [0.717, 1.165) is 0 Å². The number of amides is 1. The predicted octanol–water partition coefficient (Wildman–Crippen LogP) is 2.27. The van der Waals surface area contributed by atoms with Crippen molar-refractivity contribution in [2.45, 2.75) is 39.6 Å². The van der Waals surface area contributed by atoms with Crippen molar-refractivity contribution in [1.29, 1.82) is 0 Å². The number of carbonyl (C=O) groups is 1. The molecule has 3 heteroatoms. The molecule has 0 bridgehead atoms. The number of nitrogens with zero attached hydrogens (tertiary/aromatic N) is 1. The van der Waals surface area contributed by atoms with E-state index in [2.05, 4.69) is 5.92 Å². The quantitative estimate of drug-likeness (QED) is 0.576. The summed E-state index contributed by atoms with van der Waals surface area (Å²) in [5.41, 5.74) is -1.84. The summed E-state index contributed by atoms with van der Waals surface area (Å²) < 4.78 is 27.7. The largest absolute Gasteiger partial charge is 0.444 e. The Morgan fingerprint density at radius 1 is 1.67 bits per heavy atom. The van der Waals surface area contributed by atoms with Crippen LogP contribution in [0.15, 0.2) is 0 Å². The van der Waals surface area contributed by atoms with E-state index >= 15 is 0 Å². The monoisotopic (exact) mass is 212 g/mol. The molecule has 1 unspecified atom stereocenters. The van der Waals surface area contributed by atoms with Crippen molar-refractivity contribution in [2.24, 2.45) is 5.41 Å². The van der Waals surface area contributed by atoms with Gasteiger partial charge in [0.15, 0.2) is 0 Å². The van der Waals surface area contributed by atoms with E-state index in [9.17, 15) is 4.79 Å². The number of rotatable bonds is 0. The second kappa shape index (κ2) is 3.77. The van der Waals surface area contributed by atoms with E-state index in [4.69, 9.17) is 15.3 Å². The summed E-state index contributed by atoms with van der Waals surface area (Å²) in [4.78, 5) is 13.2. The molecule has 3 nitrogen and oxygen atoms in total. The van der Waals surface area contributed by atoms with Crippen molar-refractivity contribution in [3.63, 3.8) is 0 Å². The van der Waals surface area contributed by atoms with Crippen molar-refractivity contribution in [2.75, 3.05) is 13.1 Å². The Kier molecular flexibility index (Phi) is 2.02. The predicted molar refractivity (Wildman–Crippen MR) is 59.4 cm³/mol. The van der Waals surface area contributed by atoms with Gasteiger partial charge in [0.05, 0.1) is 0 Å². The van der Waals surface area contributed by atoms with Crippen molar-refractivity contribution >= 4 is 6.09 Å². The molecule has 0 aromatic heterocycles. The summed E-state index contributed by atoms with van der Waals surface area (Å²) >= 11 is 0. The summed E-state index contributed by atoms with van der Waals surface area (Å²) in [5.74, 6) is 2.35. The lowest BCUT2D eigenvalue weighted by Gasteiger charge is -2.25. The van der Waals surface area contributed by atoms with E-state index < -0.39 is 24.0 Å². The van der Waals surface area contributed by atoms with Crippen LogP contribution in [0.5, 0.6) is 0 Å². The van der Waals surface area contributed by atoms with Crippen LogP contribution in [0, 0.1) is 17.8 Å². The van der Waals surface area contributed by atoms with Crippen LogP contribution in [0.2, 0.25) is 0 Å². The summed E-state index contributed by atoms with van der Waals surface area (Å²) in [6.07, 6.45) is 5.12. The van der Waals surface area contributed by atoms with E-state index in [-0.39, 0.29) is 13.0 Å². The van der Waals surface area contributed by atoms with Gasteiger partial charge in [0.25, 0.3) is 0 Å². The van der Waals surface area contributed by atoms with Crippen LogP contribution in [-0.2, 0) is 4.74 Å². The molecule has 1 aliphatic heterocycles. The molecule has 0 aromatic carbocycles. The van der Waals surface area contributed by atoms with Crippen molar-refractivity contribution in [3.8, 4) is 12.3 Å². The second-order valence-electron chi connectivity index (χ2n) is 4.88. The molecular formula is C12H19NO2. The van der Waals surface area contributed by atoms with Gasteiger partial charge in [-0.25, -0.2) is 4.79 Å². The van der Waals surface area contributed by atoms with Gasteiger partial charge in [-0.15, -0.1) is 6.42 Å². The highest BCUT2D eigenvalue weighted by atomic mass is 16.6. The van der Waals surface area contributed by atoms with Gasteiger partial charge in [0.2, 0.25) is 0 Å². The highest BCUT2D eigenvalue weighted by Crippen LogP contribution is 2.29. The highest BCUT2D eigenvalue weighted by molar-refractivity contribution is 5.68. The maximum absolute atomic E-state index is 11.8. The highest BCUT2D eigenvalue weighted by Gasteiger charge is 2.36. The first kappa shape index (κ1) is 8.04. The fourth-order valence-corrected chi connectivity index (χ4v) is 1.41. The minimum absolute atomic E-state index is 0.0227. The van der Waals surface area contributed by atoms with Crippen LogP contribution in [0.4, 0.5) is 4.79 Å². The van der Waals surface area contributed by atoms with Gasteiger partial charge in [-0.1, -0.05) is 5.92 Å². The Bertz CT molecular complexity index is 378. The SMILES string of the molecule is [2H]C([2H])([2H])C1(C#C)CCN(C(=O)OC(C)(C)C)C1. The molecule has 1 heterocycles. The van der Waals surface area contributed by atoms with E-state index in [1.165, 1.54) is 4.90 Å². The van der Waals surface area contributed by atoms with E-state index in [1.54, 1.807) is 20.8 Å². The molecule has 0 N–H and O–H groups in total. The van der Waals surface area contributed by atoms with Crippen molar-refractivity contribution in [1.82, 2.24) is 4.90 Å². The topological polar surface area (TPSA) is 29.5 Å². The molecule has 1 rings (SSSR count). The van der Waals surface area contributed by atoms with Gasteiger partial charge >= 0.3 is 6.09 Å². The lowest BCUT2D eigenvalue weighted by Crippen LogP contribution is -2.36. The normalized spacial score (nSPS) is 30.0. The van der Waals surface area contributed by atoms with E-state index in [0.29, 0.717) is 6.54 Å². The Balaban J connectivity index is 2.78. The molecule has 0 aliphatic carbocycles. The Hall–Kier alpha value is -1.17. The van der Waals surface area contributed by atoms with Crippen molar-refractivity contribution < 1.29 is 13.6 Å². The van der Waals surface area contributed by atoms with Gasteiger partial charge in [-0.05, 0) is 34.0 Å². The van der Waals surface area contributed by atoms with Gasteiger partial charge in [-0.3, -0.25) is 0 Å². The molecular weight excluding hydrogens is 190 g/mol. The zero-order valence-corrected chi connectivity index (χ0v) is 9.46. The molecule has 15 heavy (non-hydrogen) atoms. The third-order valence-corrected chi connectivity index (χ3v) is 2.20. The smallest absolute Gasteiger partial charge is 0.410 e. The van der Waals surface area contributed by atoms with Gasteiger partial charge in [-0.2, -0.15) is 0 Å². The Morgan fingerprint density at radius 3 is 2.73 bits per heavy atom. The lowest BCUT2D eigenvalue weighted by atomic mass is 9.91. The van der Waals surface area contributed by atoms with Crippen LogP contribution in [0.3, 0.4) is 0 Å². The van der Waals surface area contributed by atoms with Gasteiger partial charge in [0.1, 0.15) is 5.60 Å². The molecule has 0 aromatic rings. The molecule has 84 valence electrons. The molecule has 1 atom stereocenters. The maximum Gasteiger partial charge on any atom is 0.410 e. The first-order valence-corrected chi connectivity index (χ1v) is 4.96. The number of carbonyl (C=O) groups excluding carboxylic acids is 1. The Labute approximate surface area is 96.0 Å². The first-order chi connectivity index (χ1) is 8.01. The minimum atomic E-state index is -2.27. The second-order valence-corrected chi connectivity index (χ2v) is 4.88. The van der Waals surface area contributed by atoms with Crippen LogP contribution in [0.1, 0.15) is 38.2 Å². The number of hydrogen-bond donors (Lipinski definition) is 0. The zero-order chi connectivity index (χ0) is 14.2. The summed E-state index contributed by atoms with van der Waals surface area (Å²) in [7, 11) is 0. The minimum Gasteiger partial charge on any atom is -0.444 e. The number of ether oxygens (including phenoxy) is 1. The number of hydrogen-bond acceptors (Lipinski definition) is 2. The first-order valence-electron chi connectivity index (χ1n) is 6.46. The number of likely N-dealkylation sites (tertiary alicyclic amines) is 1. The van der Waals surface area contributed by atoms with E-state index in [1.807, 2.05) is 0 Å². The fraction of sp³-hybridized carbons (Fsp3) is 0.750. The lowest BCUT2D eigenvalue weighted by molar-refractivity contribution is 0.0283.